The summed E-state index contributed by atoms with van der Waals surface area (Å²) >= 11 is 10.9. The van der Waals surface area contributed by atoms with Gasteiger partial charge < -0.3 is 5.32 Å². The van der Waals surface area contributed by atoms with Crippen LogP contribution in [0.3, 0.4) is 0 Å². The average Bonchev–Trinajstić information content (AvgIpc) is 2.45. The standard InChI is InChI=1S/C16H15Br2NS2/c1-16(2,9-17)19-10-6-7-12-14(8-10)20-13-5-3-4-11(18)15(13)21-12/h3-8,19H,9H2,1-2H3. The van der Waals surface area contributed by atoms with Crippen LogP contribution in [0.4, 0.5) is 5.69 Å². The van der Waals surface area contributed by atoms with Crippen LogP contribution in [0.15, 0.2) is 60.5 Å². The molecule has 0 bridgehead atoms. The van der Waals surface area contributed by atoms with Gasteiger partial charge in [-0.15, -0.1) is 0 Å². The highest BCUT2D eigenvalue weighted by Crippen LogP contribution is 2.51. The summed E-state index contributed by atoms with van der Waals surface area (Å²) in [6, 6.07) is 13.0. The van der Waals surface area contributed by atoms with Gasteiger partial charge in [-0.2, -0.15) is 0 Å². The number of rotatable bonds is 3. The van der Waals surface area contributed by atoms with Gasteiger partial charge in [0, 0.05) is 40.6 Å². The van der Waals surface area contributed by atoms with E-state index in [1.54, 1.807) is 0 Å². The lowest BCUT2D eigenvalue weighted by Crippen LogP contribution is -2.32. The predicted molar refractivity (Wildman–Crippen MR) is 100 cm³/mol. The van der Waals surface area contributed by atoms with Crippen LogP contribution >= 0.6 is 55.4 Å². The quantitative estimate of drug-likeness (QED) is 0.454. The van der Waals surface area contributed by atoms with Gasteiger partial charge in [0.15, 0.2) is 0 Å². The van der Waals surface area contributed by atoms with E-state index in [0.717, 1.165) is 5.33 Å². The van der Waals surface area contributed by atoms with Gasteiger partial charge >= 0.3 is 0 Å². The lowest BCUT2D eigenvalue weighted by molar-refractivity contribution is 0.650. The van der Waals surface area contributed by atoms with Gasteiger partial charge in [-0.1, -0.05) is 45.5 Å². The van der Waals surface area contributed by atoms with E-state index in [2.05, 4.69) is 87.4 Å². The summed E-state index contributed by atoms with van der Waals surface area (Å²) in [5.41, 5.74) is 1.21. The molecule has 2 aromatic carbocycles. The smallest absolute Gasteiger partial charge is 0.0414 e. The second-order valence-corrected chi connectivity index (χ2v) is 9.13. The van der Waals surface area contributed by atoms with Crippen molar-refractivity contribution in [2.24, 2.45) is 0 Å². The van der Waals surface area contributed by atoms with Crippen molar-refractivity contribution < 1.29 is 0 Å². The van der Waals surface area contributed by atoms with Gasteiger partial charge in [0.1, 0.15) is 0 Å². The Bertz CT molecular complexity index is 686. The van der Waals surface area contributed by atoms with E-state index in [4.69, 9.17) is 0 Å². The molecule has 1 nitrogen and oxygen atoms in total. The summed E-state index contributed by atoms with van der Waals surface area (Å²) in [5.74, 6) is 0. The van der Waals surface area contributed by atoms with Crippen LogP contribution < -0.4 is 5.32 Å². The molecule has 0 unspecified atom stereocenters. The third-order valence-electron chi connectivity index (χ3n) is 3.12. The molecule has 1 heterocycles. The molecule has 0 spiro atoms. The van der Waals surface area contributed by atoms with E-state index in [1.165, 1.54) is 29.7 Å². The van der Waals surface area contributed by atoms with Crippen LogP contribution in [-0.2, 0) is 0 Å². The summed E-state index contributed by atoms with van der Waals surface area (Å²) in [5, 5.41) is 4.49. The van der Waals surface area contributed by atoms with Gasteiger partial charge in [-0.25, -0.2) is 0 Å². The molecular weight excluding hydrogens is 430 g/mol. The largest absolute Gasteiger partial charge is 0.379 e. The van der Waals surface area contributed by atoms with Crippen molar-refractivity contribution in [1.29, 1.82) is 0 Å². The molecule has 21 heavy (non-hydrogen) atoms. The fourth-order valence-electron chi connectivity index (χ4n) is 2.07. The first-order chi connectivity index (χ1) is 9.98. The molecule has 0 radical (unpaired) electrons. The number of anilines is 1. The molecule has 5 heteroatoms. The molecule has 110 valence electrons. The van der Waals surface area contributed by atoms with Crippen LogP contribution in [0.25, 0.3) is 0 Å². The lowest BCUT2D eigenvalue weighted by atomic mass is 10.1. The molecule has 0 saturated carbocycles. The number of hydrogen-bond donors (Lipinski definition) is 1. The van der Waals surface area contributed by atoms with Crippen molar-refractivity contribution in [2.75, 3.05) is 10.6 Å². The van der Waals surface area contributed by atoms with Crippen LogP contribution in [0.5, 0.6) is 0 Å². The molecule has 1 aliphatic heterocycles. The number of fused-ring (bicyclic) bond motifs is 2. The fourth-order valence-corrected chi connectivity index (χ4v) is 5.24. The molecule has 0 saturated heterocycles. The maximum atomic E-state index is 3.65. The minimum atomic E-state index is 0.0433. The zero-order valence-electron chi connectivity index (χ0n) is 11.7. The molecule has 0 aromatic heterocycles. The average molecular weight is 445 g/mol. The number of halogens is 2. The maximum Gasteiger partial charge on any atom is 0.0414 e. The highest BCUT2D eigenvalue weighted by Gasteiger charge is 2.21. The Morgan fingerprint density at radius 2 is 1.86 bits per heavy atom. The Balaban J connectivity index is 1.91. The fraction of sp³-hybridized carbons (Fsp3) is 0.250. The molecule has 0 amide bonds. The van der Waals surface area contributed by atoms with Gasteiger partial charge in [0.25, 0.3) is 0 Å². The van der Waals surface area contributed by atoms with E-state index in [1.807, 2.05) is 23.5 Å². The number of alkyl halides is 1. The molecule has 2 aromatic rings. The van der Waals surface area contributed by atoms with Crippen molar-refractivity contribution in [3.05, 3.63) is 40.9 Å². The zero-order valence-corrected chi connectivity index (χ0v) is 16.5. The van der Waals surface area contributed by atoms with E-state index in [-0.39, 0.29) is 5.54 Å². The van der Waals surface area contributed by atoms with Crippen molar-refractivity contribution >= 4 is 61.1 Å². The van der Waals surface area contributed by atoms with Crippen LogP contribution in [0.1, 0.15) is 13.8 Å². The van der Waals surface area contributed by atoms with Crippen molar-refractivity contribution in [3.8, 4) is 0 Å². The topological polar surface area (TPSA) is 12.0 Å². The summed E-state index contributed by atoms with van der Waals surface area (Å²) in [4.78, 5) is 5.28. The Labute approximate surface area is 150 Å². The zero-order chi connectivity index (χ0) is 15.0. The highest BCUT2D eigenvalue weighted by atomic mass is 79.9. The van der Waals surface area contributed by atoms with Gasteiger partial charge in [-0.3, -0.25) is 0 Å². The number of benzene rings is 2. The molecule has 3 rings (SSSR count). The van der Waals surface area contributed by atoms with Crippen molar-refractivity contribution in [2.45, 2.75) is 39.0 Å². The normalized spacial score (nSPS) is 13.5. The molecule has 1 N–H and O–H groups in total. The van der Waals surface area contributed by atoms with Crippen LogP contribution in [0.2, 0.25) is 0 Å². The summed E-state index contributed by atoms with van der Waals surface area (Å²) < 4.78 is 1.17. The first kappa shape index (κ1) is 15.8. The Kier molecular flexibility index (Phi) is 4.65. The lowest BCUT2D eigenvalue weighted by Gasteiger charge is -2.26. The van der Waals surface area contributed by atoms with Crippen LogP contribution in [0, 0.1) is 0 Å². The first-order valence-electron chi connectivity index (χ1n) is 6.61. The first-order valence-corrected chi connectivity index (χ1v) is 10.2. The van der Waals surface area contributed by atoms with E-state index < -0.39 is 0 Å². The van der Waals surface area contributed by atoms with Gasteiger partial charge in [-0.05, 0) is 60.1 Å². The number of nitrogens with one attached hydrogen (secondary N) is 1. The van der Waals surface area contributed by atoms with E-state index >= 15 is 0 Å². The summed E-state index contributed by atoms with van der Waals surface area (Å²) in [6.45, 7) is 4.38. The predicted octanol–water partition coefficient (Wildman–Crippen LogP) is 6.65. The molecule has 1 aliphatic rings. The van der Waals surface area contributed by atoms with E-state index in [9.17, 15) is 0 Å². The second-order valence-electron chi connectivity index (χ2n) is 5.58. The SMILES string of the molecule is CC(C)(CBr)Nc1ccc2c(c1)Sc1cccc(Br)c1S2. The van der Waals surface area contributed by atoms with Crippen LogP contribution in [-0.4, -0.2) is 10.9 Å². The van der Waals surface area contributed by atoms with Crippen molar-refractivity contribution in [1.82, 2.24) is 0 Å². The molecule has 0 aliphatic carbocycles. The summed E-state index contributed by atoms with van der Waals surface area (Å²) in [7, 11) is 0. The minimum absolute atomic E-state index is 0.0433. The van der Waals surface area contributed by atoms with E-state index in [0.29, 0.717) is 0 Å². The highest BCUT2D eigenvalue weighted by molar-refractivity contribution is 9.10. The summed E-state index contributed by atoms with van der Waals surface area (Å²) in [6.07, 6.45) is 0. The molecule has 0 fully saturated rings. The Morgan fingerprint density at radius 1 is 1.05 bits per heavy atom. The maximum absolute atomic E-state index is 3.65. The Hall–Kier alpha value is -0.100. The molecular formula is C16H15Br2NS2. The molecule has 0 atom stereocenters. The Morgan fingerprint density at radius 3 is 2.62 bits per heavy atom. The van der Waals surface area contributed by atoms with Gasteiger partial charge in [0.2, 0.25) is 0 Å². The van der Waals surface area contributed by atoms with Gasteiger partial charge in [0.05, 0.1) is 0 Å². The number of hydrogen-bond acceptors (Lipinski definition) is 3. The third kappa shape index (κ3) is 3.46. The third-order valence-corrected chi connectivity index (χ3v) is 8.04. The monoisotopic (exact) mass is 443 g/mol. The van der Waals surface area contributed by atoms with Crippen molar-refractivity contribution in [3.63, 3.8) is 0 Å². The second kappa shape index (κ2) is 6.19. The minimum Gasteiger partial charge on any atom is -0.379 e.